The summed E-state index contributed by atoms with van der Waals surface area (Å²) in [6, 6.07) is 18.0. The molecule has 2 aromatic carbocycles. The van der Waals surface area contributed by atoms with E-state index in [0.717, 1.165) is 11.8 Å². The Labute approximate surface area is 115 Å². The highest BCUT2D eigenvalue weighted by Gasteiger charge is 2.46. The van der Waals surface area contributed by atoms with E-state index in [1.165, 1.54) is 30.4 Å². The maximum Gasteiger partial charge on any atom is 0.0133 e. The number of hydrogen-bond acceptors (Lipinski definition) is 0. The molecule has 0 nitrogen and oxygen atoms in total. The third-order valence-electron chi connectivity index (χ3n) is 4.95. The van der Waals surface area contributed by atoms with E-state index in [9.17, 15) is 0 Å². The second-order valence-electron chi connectivity index (χ2n) is 6.10. The van der Waals surface area contributed by atoms with Gasteiger partial charge in [-0.2, -0.15) is 0 Å². The van der Waals surface area contributed by atoms with Gasteiger partial charge in [-0.3, -0.25) is 0 Å². The minimum absolute atomic E-state index is 0.670. The van der Waals surface area contributed by atoms with E-state index >= 15 is 0 Å². The first-order valence-electron chi connectivity index (χ1n) is 7.58. The lowest BCUT2D eigenvalue weighted by molar-refractivity contribution is 0.592. The van der Waals surface area contributed by atoms with Crippen molar-refractivity contribution in [3.63, 3.8) is 0 Å². The standard InChI is InChI=1S/C19H20/c1-2-7-13-12-18(13)19-16-10-5-3-8-14(16)15-9-4-6-11-17(15)19/h3-6,8-11,13,18-19H,2,7,12H2,1H3. The van der Waals surface area contributed by atoms with E-state index in [0.29, 0.717) is 5.92 Å². The molecule has 1 fully saturated rings. The van der Waals surface area contributed by atoms with Gasteiger partial charge in [0.15, 0.2) is 0 Å². The third-order valence-corrected chi connectivity index (χ3v) is 4.95. The van der Waals surface area contributed by atoms with Gasteiger partial charge in [-0.15, -0.1) is 0 Å². The van der Waals surface area contributed by atoms with Gasteiger partial charge in [-0.1, -0.05) is 68.3 Å². The quantitative estimate of drug-likeness (QED) is 0.697. The predicted molar refractivity (Wildman–Crippen MR) is 80.2 cm³/mol. The van der Waals surface area contributed by atoms with Gasteiger partial charge in [-0.25, -0.2) is 0 Å². The molecule has 2 aliphatic rings. The number of hydrogen-bond donors (Lipinski definition) is 0. The van der Waals surface area contributed by atoms with Gasteiger partial charge in [0.25, 0.3) is 0 Å². The highest BCUT2D eigenvalue weighted by atomic mass is 14.5. The summed E-state index contributed by atoms with van der Waals surface area (Å²) < 4.78 is 0. The summed E-state index contributed by atoms with van der Waals surface area (Å²) >= 11 is 0. The van der Waals surface area contributed by atoms with E-state index in [4.69, 9.17) is 0 Å². The lowest BCUT2D eigenvalue weighted by Gasteiger charge is -2.13. The average Bonchev–Trinajstić information content (AvgIpc) is 3.12. The van der Waals surface area contributed by atoms with Crippen molar-refractivity contribution in [2.24, 2.45) is 11.8 Å². The summed E-state index contributed by atoms with van der Waals surface area (Å²) in [5.74, 6) is 2.53. The Morgan fingerprint density at radius 2 is 1.47 bits per heavy atom. The topological polar surface area (TPSA) is 0 Å². The predicted octanol–water partition coefficient (Wildman–Crippen LogP) is 5.24. The zero-order valence-corrected chi connectivity index (χ0v) is 11.5. The van der Waals surface area contributed by atoms with E-state index in [-0.39, 0.29) is 0 Å². The van der Waals surface area contributed by atoms with Crippen LogP contribution in [0.5, 0.6) is 0 Å². The number of rotatable bonds is 3. The summed E-state index contributed by atoms with van der Waals surface area (Å²) in [5, 5.41) is 0. The molecule has 0 aromatic heterocycles. The molecule has 1 saturated carbocycles. The Balaban J connectivity index is 1.79. The van der Waals surface area contributed by atoms with Crippen molar-refractivity contribution in [3.8, 4) is 11.1 Å². The van der Waals surface area contributed by atoms with Crippen molar-refractivity contribution in [1.29, 1.82) is 0 Å². The molecule has 2 atom stereocenters. The van der Waals surface area contributed by atoms with Gasteiger partial charge in [0.1, 0.15) is 0 Å². The van der Waals surface area contributed by atoms with Crippen molar-refractivity contribution in [3.05, 3.63) is 59.7 Å². The molecule has 0 saturated heterocycles. The number of fused-ring (bicyclic) bond motifs is 3. The Hall–Kier alpha value is -1.56. The molecule has 19 heavy (non-hydrogen) atoms. The Kier molecular flexibility index (Phi) is 2.51. The molecule has 0 aliphatic heterocycles. The van der Waals surface area contributed by atoms with Crippen molar-refractivity contribution >= 4 is 0 Å². The van der Waals surface area contributed by atoms with Crippen LogP contribution in [0.25, 0.3) is 11.1 Å². The minimum atomic E-state index is 0.670. The van der Waals surface area contributed by atoms with Gasteiger partial charge in [0.05, 0.1) is 0 Å². The van der Waals surface area contributed by atoms with E-state index in [1.807, 2.05) is 0 Å². The molecule has 0 spiro atoms. The molecular weight excluding hydrogens is 228 g/mol. The van der Waals surface area contributed by atoms with Crippen molar-refractivity contribution in [2.75, 3.05) is 0 Å². The van der Waals surface area contributed by atoms with E-state index in [2.05, 4.69) is 55.5 Å². The molecule has 0 N–H and O–H groups in total. The maximum atomic E-state index is 2.35. The fraction of sp³-hybridized carbons (Fsp3) is 0.368. The molecule has 4 rings (SSSR count). The van der Waals surface area contributed by atoms with Crippen LogP contribution >= 0.6 is 0 Å². The van der Waals surface area contributed by atoms with Crippen LogP contribution in [-0.4, -0.2) is 0 Å². The molecule has 0 radical (unpaired) electrons. The van der Waals surface area contributed by atoms with Crippen LogP contribution < -0.4 is 0 Å². The first-order valence-corrected chi connectivity index (χ1v) is 7.58. The van der Waals surface area contributed by atoms with E-state index < -0.39 is 0 Å². The molecule has 2 unspecified atom stereocenters. The van der Waals surface area contributed by atoms with Crippen LogP contribution in [-0.2, 0) is 0 Å². The Bertz CT molecular complexity index is 565. The maximum absolute atomic E-state index is 2.35. The van der Waals surface area contributed by atoms with Crippen LogP contribution in [0, 0.1) is 11.8 Å². The summed E-state index contributed by atoms with van der Waals surface area (Å²) in [6.07, 6.45) is 4.17. The molecule has 0 heterocycles. The zero-order valence-electron chi connectivity index (χ0n) is 11.5. The largest absolute Gasteiger partial charge is 0.0654 e. The second-order valence-corrected chi connectivity index (χ2v) is 6.10. The fourth-order valence-corrected chi connectivity index (χ4v) is 4.04. The van der Waals surface area contributed by atoms with Crippen LogP contribution in [0.15, 0.2) is 48.5 Å². The molecule has 0 amide bonds. The molecule has 96 valence electrons. The lowest BCUT2D eigenvalue weighted by atomic mass is 9.90. The molecule has 0 heteroatoms. The van der Waals surface area contributed by atoms with Crippen LogP contribution in [0.2, 0.25) is 0 Å². The molecular formula is C19H20. The zero-order chi connectivity index (χ0) is 12.8. The second kappa shape index (κ2) is 4.23. The normalized spacial score (nSPS) is 24.1. The van der Waals surface area contributed by atoms with Crippen molar-refractivity contribution < 1.29 is 0 Å². The van der Waals surface area contributed by atoms with Crippen LogP contribution in [0.4, 0.5) is 0 Å². The third kappa shape index (κ3) is 1.66. The lowest BCUT2D eigenvalue weighted by Crippen LogP contribution is -2.01. The van der Waals surface area contributed by atoms with Crippen molar-refractivity contribution in [2.45, 2.75) is 32.1 Å². The molecule has 2 aromatic rings. The van der Waals surface area contributed by atoms with Gasteiger partial charge >= 0.3 is 0 Å². The highest BCUT2D eigenvalue weighted by molar-refractivity contribution is 5.79. The highest BCUT2D eigenvalue weighted by Crippen LogP contribution is 2.58. The average molecular weight is 248 g/mol. The Morgan fingerprint density at radius 1 is 0.895 bits per heavy atom. The number of benzene rings is 2. The monoisotopic (exact) mass is 248 g/mol. The summed E-state index contributed by atoms with van der Waals surface area (Å²) in [4.78, 5) is 0. The Morgan fingerprint density at radius 3 is 2.05 bits per heavy atom. The SMILES string of the molecule is CCCC1CC1C1c2ccccc2-c2ccccc21. The molecule has 2 aliphatic carbocycles. The first-order chi connectivity index (χ1) is 9.40. The van der Waals surface area contributed by atoms with Crippen molar-refractivity contribution in [1.82, 2.24) is 0 Å². The van der Waals surface area contributed by atoms with Gasteiger partial charge < -0.3 is 0 Å². The van der Waals surface area contributed by atoms with Gasteiger partial charge in [-0.05, 0) is 40.5 Å². The van der Waals surface area contributed by atoms with Gasteiger partial charge in [0.2, 0.25) is 0 Å². The fourth-order valence-electron chi connectivity index (χ4n) is 4.04. The smallest absolute Gasteiger partial charge is 0.0133 e. The molecule has 0 bridgehead atoms. The summed E-state index contributed by atoms with van der Waals surface area (Å²) in [6.45, 7) is 2.31. The van der Waals surface area contributed by atoms with Gasteiger partial charge in [0, 0.05) is 5.92 Å². The van der Waals surface area contributed by atoms with Crippen LogP contribution in [0.1, 0.15) is 43.2 Å². The summed E-state index contributed by atoms with van der Waals surface area (Å²) in [7, 11) is 0. The van der Waals surface area contributed by atoms with Crippen LogP contribution in [0.3, 0.4) is 0 Å². The minimum Gasteiger partial charge on any atom is -0.0654 e. The summed E-state index contributed by atoms with van der Waals surface area (Å²) in [5.41, 5.74) is 6.11. The first kappa shape index (κ1) is 11.3. The van der Waals surface area contributed by atoms with E-state index in [1.54, 1.807) is 11.1 Å².